The highest BCUT2D eigenvalue weighted by atomic mass is 16.8. The third-order valence-corrected chi connectivity index (χ3v) is 19.3. The number of hydrogen-bond acceptors (Lipinski definition) is 18. The number of unbranched alkanes of at least 4 members (excludes halogenated alkanes) is 28. The van der Waals surface area contributed by atoms with E-state index in [2.05, 4.69) is 129 Å². The van der Waals surface area contributed by atoms with Gasteiger partial charge in [0, 0.05) is 6.42 Å². The molecule has 17 unspecified atom stereocenters. The molecule has 1 amide bonds. The monoisotopic (exact) mass is 1450 g/mol. The summed E-state index contributed by atoms with van der Waals surface area (Å²) in [7, 11) is 0. The molecule has 0 aromatic heterocycles. The number of aliphatic hydroxyl groups is 11. The quantitative estimate of drug-likeness (QED) is 0.0199. The van der Waals surface area contributed by atoms with E-state index in [1.54, 1.807) is 6.08 Å². The van der Waals surface area contributed by atoms with E-state index in [0.29, 0.717) is 6.42 Å². The summed E-state index contributed by atoms with van der Waals surface area (Å²) in [6, 6.07) is -0.983. The number of carbonyl (C=O) groups is 1. The van der Waals surface area contributed by atoms with Crippen LogP contribution in [0.4, 0.5) is 0 Å². The predicted molar refractivity (Wildman–Crippen MR) is 410 cm³/mol. The molecule has 17 atom stereocenters. The highest BCUT2D eigenvalue weighted by molar-refractivity contribution is 5.76. The minimum Gasteiger partial charge on any atom is -0.394 e. The number of amides is 1. The SMILES string of the molecule is CC/C=C\C/C=C\C/C=C\C/C=C\C/C=C\C/C=C\C/C=C\C/C=C\C/C=C\CCCCCCCCCCCCCC(=O)NC(COC1OC(CO)C(OC2OC(CO)C(OC3OC(CO)C(O)C(O)C3O)C(O)C2O)C(O)C1O)C(O)/C=C/CCCCCCCCCCCCCCCCCCC. The number of allylic oxidation sites excluding steroid dienone is 19. The van der Waals surface area contributed by atoms with E-state index in [1.807, 2.05) is 6.08 Å². The molecule has 3 saturated heterocycles. The fraction of sp³-hybridized carbons (Fsp3) is 0.750. The van der Waals surface area contributed by atoms with E-state index in [1.165, 1.54) is 128 Å². The van der Waals surface area contributed by atoms with Gasteiger partial charge < -0.3 is 89.9 Å². The van der Waals surface area contributed by atoms with Gasteiger partial charge in [-0.3, -0.25) is 4.79 Å². The number of hydrogen-bond donors (Lipinski definition) is 12. The summed E-state index contributed by atoms with van der Waals surface area (Å²) in [5.41, 5.74) is 0. The van der Waals surface area contributed by atoms with Gasteiger partial charge in [0.25, 0.3) is 0 Å². The molecule has 12 N–H and O–H groups in total. The van der Waals surface area contributed by atoms with Crippen LogP contribution in [0, 0.1) is 0 Å². The topological polar surface area (TPSA) is 307 Å². The molecule has 3 heterocycles. The summed E-state index contributed by atoms with van der Waals surface area (Å²) in [6.45, 7) is 1.63. The summed E-state index contributed by atoms with van der Waals surface area (Å²) in [5.74, 6) is -0.282. The molecular weight excluding hydrogens is 1310 g/mol. The average molecular weight is 1460 g/mol. The molecule has 103 heavy (non-hydrogen) atoms. The molecule has 0 radical (unpaired) electrons. The summed E-state index contributed by atoms with van der Waals surface area (Å²) in [5, 5.41) is 121. The van der Waals surface area contributed by atoms with E-state index < -0.39 is 124 Å². The molecule has 19 heteroatoms. The van der Waals surface area contributed by atoms with Crippen molar-refractivity contribution in [2.75, 3.05) is 26.4 Å². The van der Waals surface area contributed by atoms with Crippen LogP contribution in [0.1, 0.15) is 271 Å². The van der Waals surface area contributed by atoms with Crippen LogP contribution in [0.25, 0.3) is 0 Å². The van der Waals surface area contributed by atoms with Crippen molar-refractivity contribution < 1.29 is 89.4 Å². The Kier molecular flexibility index (Phi) is 57.3. The van der Waals surface area contributed by atoms with Crippen molar-refractivity contribution >= 4 is 5.91 Å². The van der Waals surface area contributed by atoms with Crippen LogP contribution < -0.4 is 5.32 Å². The van der Waals surface area contributed by atoms with Crippen LogP contribution in [-0.4, -0.2) is 193 Å². The minimum atomic E-state index is -1.98. The van der Waals surface area contributed by atoms with E-state index in [-0.39, 0.29) is 18.9 Å². The Morgan fingerprint density at radius 1 is 0.359 bits per heavy atom. The van der Waals surface area contributed by atoms with Crippen molar-refractivity contribution in [1.29, 1.82) is 0 Å². The molecule has 592 valence electrons. The van der Waals surface area contributed by atoms with Gasteiger partial charge >= 0.3 is 0 Å². The summed E-state index contributed by atoms with van der Waals surface area (Å²) in [4.78, 5) is 13.5. The van der Waals surface area contributed by atoms with E-state index in [4.69, 9.17) is 28.4 Å². The van der Waals surface area contributed by atoms with Crippen LogP contribution in [0.2, 0.25) is 0 Å². The Hall–Kier alpha value is -3.81. The van der Waals surface area contributed by atoms with Gasteiger partial charge in [-0.2, -0.15) is 0 Å². The Morgan fingerprint density at radius 2 is 0.670 bits per heavy atom. The largest absolute Gasteiger partial charge is 0.394 e. The first-order valence-corrected chi connectivity index (χ1v) is 40.3. The lowest BCUT2D eigenvalue weighted by molar-refractivity contribution is -0.379. The predicted octanol–water partition coefficient (Wildman–Crippen LogP) is 13.5. The molecule has 0 spiro atoms. The molecule has 0 aromatic carbocycles. The third kappa shape index (κ3) is 43.1. The molecule has 3 rings (SSSR count). The molecule has 0 saturated carbocycles. The van der Waals surface area contributed by atoms with Gasteiger partial charge in [-0.15, -0.1) is 0 Å². The maximum absolute atomic E-state index is 13.5. The van der Waals surface area contributed by atoms with Crippen LogP contribution in [0.15, 0.2) is 122 Å². The first-order chi connectivity index (χ1) is 50.3. The third-order valence-electron chi connectivity index (χ3n) is 19.3. The van der Waals surface area contributed by atoms with Crippen molar-refractivity contribution in [3.05, 3.63) is 122 Å². The van der Waals surface area contributed by atoms with Crippen molar-refractivity contribution in [1.82, 2.24) is 5.32 Å². The van der Waals surface area contributed by atoms with Gasteiger partial charge in [0.05, 0.1) is 38.6 Å². The van der Waals surface area contributed by atoms with Crippen LogP contribution in [-0.2, 0) is 33.2 Å². The maximum atomic E-state index is 13.5. The van der Waals surface area contributed by atoms with E-state index in [0.717, 1.165) is 116 Å². The number of carbonyl (C=O) groups excluding carboxylic acids is 1. The maximum Gasteiger partial charge on any atom is 0.220 e. The Morgan fingerprint density at radius 3 is 1.05 bits per heavy atom. The fourth-order valence-electron chi connectivity index (χ4n) is 12.8. The first-order valence-electron chi connectivity index (χ1n) is 40.3. The lowest BCUT2D eigenvalue weighted by atomic mass is 9.96. The van der Waals surface area contributed by atoms with Gasteiger partial charge in [-0.05, 0) is 89.9 Å². The van der Waals surface area contributed by atoms with Crippen molar-refractivity contribution in [2.24, 2.45) is 0 Å². The average Bonchev–Trinajstić information content (AvgIpc) is 0.781. The Bertz CT molecular complexity index is 2330. The molecule has 0 aromatic rings. The lowest BCUT2D eigenvalue weighted by Crippen LogP contribution is -2.66. The first kappa shape index (κ1) is 93.4. The summed E-state index contributed by atoms with van der Waals surface area (Å²) >= 11 is 0. The van der Waals surface area contributed by atoms with E-state index in [9.17, 15) is 61.0 Å². The number of nitrogens with one attached hydrogen (secondary N) is 1. The fourth-order valence-corrected chi connectivity index (χ4v) is 12.8. The summed E-state index contributed by atoms with van der Waals surface area (Å²) in [6.07, 6.45) is 61.7. The summed E-state index contributed by atoms with van der Waals surface area (Å²) < 4.78 is 34.4. The molecule has 3 fully saturated rings. The minimum absolute atomic E-state index is 0.233. The highest BCUT2D eigenvalue weighted by Crippen LogP contribution is 2.33. The van der Waals surface area contributed by atoms with Gasteiger partial charge in [0.2, 0.25) is 5.91 Å². The van der Waals surface area contributed by atoms with E-state index >= 15 is 0 Å². The number of ether oxygens (including phenoxy) is 6. The van der Waals surface area contributed by atoms with Crippen molar-refractivity contribution in [3.63, 3.8) is 0 Å². The van der Waals surface area contributed by atoms with Gasteiger partial charge in [-0.1, -0.05) is 296 Å². The van der Waals surface area contributed by atoms with Gasteiger partial charge in [-0.25, -0.2) is 0 Å². The highest BCUT2D eigenvalue weighted by Gasteiger charge is 2.54. The second-order valence-electron chi connectivity index (χ2n) is 28.1. The molecule has 3 aliphatic rings. The van der Waals surface area contributed by atoms with Crippen LogP contribution in [0.5, 0.6) is 0 Å². The molecule has 19 nitrogen and oxygen atoms in total. The van der Waals surface area contributed by atoms with Crippen LogP contribution in [0.3, 0.4) is 0 Å². The Balaban J connectivity index is 1.35. The second-order valence-corrected chi connectivity index (χ2v) is 28.1. The van der Waals surface area contributed by atoms with Gasteiger partial charge in [0.15, 0.2) is 18.9 Å². The zero-order valence-corrected chi connectivity index (χ0v) is 63.3. The molecule has 0 bridgehead atoms. The van der Waals surface area contributed by atoms with Gasteiger partial charge in [0.1, 0.15) is 73.2 Å². The number of aliphatic hydroxyl groups excluding tert-OH is 11. The van der Waals surface area contributed by atoms with Crippen LogP contribution >= 0.6 is 0 Å². The van der Waals surface area contributed by atoms with Crippen molar-refractivity contribution in [3.8, 4) is 0 Å². The lowest BCUT2D eigenvalue weighted by Gasteiger charge is -2.48. The second kappa shape index (κ2) is 63.2. The zero-order valence-electron chi connectivity index (χ0n) is 63.3. The normalized spacial score (nSPS) is 26.7. The molecular formula is C84H143NO18. The number of rotatable bonds is 62. The molecule has 0 aliphatic carbocycles. The smallest absolute Gasteiger partial charge is 0.220 e. The van der Waals surface area contributed by atoms with Crippen molar-refractivity contribution in [2.45, 2.75) is 375 Å². The Labute approximate surface area is 620 Å². The molecule has 3 aliphatic heterocycles. The zero-order chi connectivity index (χ0) is 74.6. The standard InChI is InChI=1S/C84H143NO18/c1-3-5-7-9-11-13-15-17-19-21-23-24-25-26-27-28-29-30-31-32-33-34-35-36-37-38-39-40-41-42-44-46-48-50-52-54-56-58-60-62-72(90)85-67(68(89)61-59-57-55-53-51-49-47-45-43-22-20-18-16-14-12-10-8-6-4-2)66-98-82-78(96)75(93)80(70(64-87)100-82)103-84-79(97)76(94)81(71(65-88)101-84)102-83-77(95)74(92)73(91)69(63-86)99-83/h5,7,11,13,17,19,23-24,26-27,29-30,32-33,35-36,38-39,59,61,67-71,73-84,86-89,91-97H,3-4,6,8-10,12,14-16,18,20-22,25,28,31,34,37,40-58,60,62-66H2,1-2H3,(H,85,90)/b7-5-,13-11-,19-17-,24-23-,27-26-,30-29-,33-32-,36-35-,39-38-,61-59+.